The Hall–Kier alpha value is -2.44. The van der Waals surface area contributed by atoms with E-state index in [1.54, 1.807) is 13.1 Å². The van der Waals surface area contributed by atoms with Gasteiger partial charge in [-0.15, -0.1) is 0 Å². The zero-order valence-electron chi connectivity index (χ0n) is 15.2. The second-order valence-electron chi connectivity index (χ2n) is 7.08. The molecule has 3 heterocycles. The molecule has 1 aromatic carbocycles. The first-order chi connectivity index (χ1) is 12.6. The zero-order chi connectivity index (χ0) is 18.3. The van der Waals surface area contributed by atoms with E-state index in [2.05, 4.69) is 33.9 Å². The number of aliphatic hydroxyl groups is 1. The van der Waals surface area contributed by atoms with Crippen molar-refractivity contribution in [3.05, 3.63) is 52.6 Å². The van der Waals surface area contributed by atoms with Crippen molar-refractivity contribution >= 4 is 11.0 Å². The Morgan fingerprint density at radius 1 is 1.31 bits per heavy atom. The first-order valence-electron chi connectivity index (χ1n) is 9.05. The van der Waals surface area contributed by atoms with E-state index < -0.39 is 0 Å². The molecule has 3 aromatic rings. The molecule has 0 saturated carbocycles. The maximum Gasteiger partial charge on any atom is 0.141 e. The number of aromatic nitrogens is 3. The number of nitrogens with zero attached hydrogens (tertiary/aromatic N) is 3. The minimum absolute atomic E-state index is 0.126. The number of fused-ring (bicyclic) bond motifs is 1. The highest BCUT2D eigenvalue weighted by atomic mass is 16.3. The second-order valence-corrected chi connectivity index (χ2v) is 7.08. The molecule has 1 fully saturated rings. The fourth-order valence-electron chi connectivity index (χ4n) is 3.88. The number of aryl methyl sites for hydroxylation is 2. The molecule has 4 rings (SSSR count). The largest absolute Gasteiger partial charge is 0.506 e. The molecule has 1 aliphatic heterocycles. The molecule has 6 heteroatoms. The van der Waals surface area contributed by atoms with Crippen LogP contribution in [0.25, 0.3) is 11.0 Å². The predicted octanol–water partition coefficient (Wildman–Crippen LogP) is 3.11. The van der Waals surface area contributed by atoms with Crippen LogP contribution in [-0.4, -0.2) is 36.6 Å². The summed E-state index contributed by atoms with van der Waals surface area (Å²) in [6.45, 7) is 5.24. The fraction of sp³-hybridized carbons (Fsp3) is 0.400. The molecule has 0 radical (unpaired) electrons. The monoisotopic (exact) mass is 352 g/mol. The van der Waals surface area contributed by atoms with Crippen LogP contribution < -0.4 is 0 Å². The number of hydrogen-bond acceptors (Lipinski definition) is 5. The number of aromatic amines is 1. The number of aliphatic hydroxyl groups excluding tert-OH is 1. The van der Waals surface area contributed by atoms with Crippen LogP contribution in [0, 0.1) is 13.8 Å². The summed E-state index contributed by atoms with van der Waals surface area (Å²) in [4.78, 5) is 14.8. The van der Waals surface area contributed by atoms with Gasteiger partial charge in [0.05, 0.1) is 29.4 Å². The Balaban J connectivity index is 1.67. The topological polar surface area (TPSA) is 85.3 Å². The summed E-state index contributed by atoms with van der Waals surface area (Å²) in [5, 5.41) is 20.1. The molecule has 136 valence electrons. The first kappa shape index (κ1) is 17.0. The molecule has 3 N–H and O–H groups in total. The quantitative estimate of drug-likeness (QED) is 0.672. The lowest BCUT2D eigenvalue weighted by molar-refractivity contribution is 0.231. The van der Waals surface area contributed by atoms with Gasteiger partial charge in [0.2, 0.25) is 0 Å². The van der Waals surface area contributed by atoms with E-state index in [-0.39, 0.29) is 18.4 Å². The van der Waals surface area contributed by atoms with Crippen molar-refractivity contribution in [3.63, 3.8) is 0 Å². The molecule has 1 atom stereocenters. The second kappa shape index (κ2) is 6.70. The number of nitrogens with one attached hydrogen (secondary N) is 1. The smallest absolute Gasteiger partial charge is 0.141 e. The van der Waals surface area contributed by atoms with Crippen molar-refractivity contribution < 1.29 is 10.2 Å². The molecule has 26 heavy (non-hydrogen) atoms. The summed E-state index contributed by atoms with van der Waals surface area (Å²) < 4.78 is 0. The number of rotatable bonds is 4. The van der Waals surface area contributed by atoms with E-state index in [9.17, 15) is 10.2 Å². The van der Waals surface area contributed by atoms with Crippen molar-refractivity contribution in [2.45, 2.75) is 45.9 Å². The van der Waals surface area contributed by atoms with Gasteiger partial charge in [-0.2, -0.15) is 0 Å². The molecular weight excluding hydrogens is 328 g/mol. The predicted molar refractivity (Wildman–Crippen MR) is 99.8 cm³/mol. The van der Waals surface area contributed by atoms with Gasteiger partial charge in [-0.3, -0.25) is 9.88 Å². The van der Waals surface area contributed by atoms with Crippen molar-refractivity contribution in [3.8, 4) is 5.75 Å². The summed E-state index contributed by atoms with van der Waals surface area (Å²) in [5.41, 5.74) is 5.28. The fourth-order valence-corrected chi connectivity index (χ4v) is 3.88. The lowest BCUT2D eigenvalue weighted by Gasteiger charge is -2.24. The van der Waals surface area contributed by atoms with Gasteiger partial charge in [0.25, 0.3) is 0 Å². The van der Waals surface area contributed by atoms with Crippen molar-refractivity contribution in [2.75, 3.05) is 6.54 Å². The van der Waals surface area contributed by atoms with E-state index in [0.29, 0.717) is 17.8 Å². The molecule has 2 aromatic heterocycles. The summed E-state index contributed by atoms with van der Waals surface area (Å²) in [5.74, 6) is 1.16. The molecule has 0 aliphatic carbocycles. The highest BCUT2D eigenvalue weighted by molar-refractivity contribution is 5.78. The van der Waals surface area contributed by atoms with Crippen LogP contribution in [0.5, 0.6) is 5.75 Å². The summed E-state index contributed by atoms with van der Waals surface area (Å²) in [7, 11) is 0. The summed E-state index contributed by atoms with van der Waals surface area (Å²) >= 11 is 0. The number of benzene rings is 1. The van der Waals surface area contributed by atoms with Gasteiger partial charge in [-0.25, -0.2) is 4.98 Å². The Kier molecular flexibility index (Phi) is 4.38. The Labute approximate surface area is 152 Å². The third kappa shape index (κ3) is 2.85. The average Bonchev–Trinajstić information content (AvgIpc) is 3.26. The molecule has 1 saturated heterocycles. The number of pyridine rings is 1. The number of para-hydroxylation sites is 1. The van der Waals surface area contributed by atoms with Crippen LogP contribution in [0.1, 0.15) is 47.1 Å². The van der Waals surface area contributed by atoms with Gasteiger partial charge in [0, 0.05) is 23.9 Å². The lowest BCUT2D eigenvalue weighted by atomic mass is 10.1. The van der Waals surface area contributed by atoms with Gasteiger partial charge in [-0.05, 0) is 44.9 Å². The molecule has 0 bridgehead atoms. The Morgan fingerprint density at radius 3 is 2.92 bits per heavy atom. The third-order valence-electron chi connectivity index (χ3n) is 5.37. The minimum atomic E-state index is -0.126. The van der Waals surface area contributed by atoms with Crippen LogP contribution >= 0.6 is 0 Å². The van der Waals surface area contributed by atoms with Gasteiger partial charge in [0.1, 0.15) is 11.6 Å². The van der Waals surface area contributed by atoms with Crippen LogP contribution in [-0.2, 0) is 13.2 Å². The number of aromatic hydroxyl groups is 1. The number of hydrogen-bond donors (Lipinski definition) is 3. The number of imidazole rings is 1. The lowest BCUT2D eigenvalue weighted by Crippen LogP contribution is -2.24. The van der Waals surface area contributed by atoms with E-state index in [4.69, 9.17) is 4.98 Å². The zero-order valence-corrected chi connectivity index (χ0v) is 15.2. The van der Waals surface area contributed by atoms with Gasteiger partial charge < -0.3 is 15.2 Å². The van der Waals surface area contributed by atoms with Crippen LogP contribution in [0.3, 0.4) is 0 Å². The van der Waals surface area contributed by atoms with Crippen LogP contribution in [0.15, 0.2) is 24.4 Å². The van der Waals surface area contributed by atoms with E-state index in [1.165, 1.54) is 5.56 Å². The highest BCUT2D eigenvalue weighted by Gasteiger charge is 2.30. The number of likely N-dealkylation sites (tertiary alicyclic amines) is 1. The standard InChI is InChI=1S/C20H24N4O2/c1-12-5-3-6-16-18(12)23-20(22-16)17-7-4-8-24(17)10-15-14(11-25)9-21-13(2)19(15)26/h3,5-6,9,17,25-26H,4,7-8,10-11H2,1-2H3,(H,22,23)/t17-/m1/s1. The third-order valence-corrected chi connectivity index (χ3v) is 5.37. The van der Waals surface area contributed by atoms with E-state index >= 15 is 0 Å². The summed E-state index contributed by atoms with van der Waals surface area (Å²) in [6, 6.07) is 6.35. The molecular formula is C20H24N4O2. The van der Waals surface area contributed by atoms with Gasteiger partial charge in [-0.1, -0.05) is 12.1 Å². The van der Waals surface area contributed by atoms with E-state index in [1.807, 2.05) is 6.07 Å². The molecule has 0 unspecified atom stereocenters. The molecule has 1 aliphatic rings. The average molecular weight is 352 g/mol. The Bertz CT molecular complexity index is 950. The number of H-pyrrole nitrogens is 1. The normalized spacial score (nSPS) is 18.0. The maximum absolute atomic E-state index is 10.5. The summed E-state index contributed by atoms with van der Waals surface area (Å²) in [6.07, 6.45) is 3.76. The highest BCUT2D eigenvalue weighted by Crippen LogP contribution is 2.35. The van der Waals surface area contributed by atoms with Crippen molar-refractivity contribution in [1.82, 2.24) is 19.9 Å². The Morgan fingerprint density at radius 2 is 2.15 bits per heavy atom. The molecule has 6 nitrogen and oxygen atoms in total. The first-order valence-corrected chi connectivity index (χ1v) is 9.05. The van der Waals surface area contributed by atoms with Crippen molar-refractivity contribution in [1.29, 1.82) is 0 Å². The van der Waals surface area contributed by atoms with Crippen LogP contribution in [0.2, 0.25) is 0 Å². The minimum Gasteiger partial charge on any atom is -0.506 e. The molecule has 0 spiro atoms. The van der Waals surface area contributed by atoms with Gasteiger partial charge in [0.15, 0.2) is 0 Å². The maximum atomic E-state index is 10.5. The molecule has 0 amide bonds. The van der Waals surface area contributed by atoms with Gasteiger partial charge >= 0.3 is 0 Å². The van der Waals surface area contributed by atoms with Crippen LogP contribution in [0.4, 0.5) is 0 Å². The van der Waals surface area contributed by atoms with Crippen molar-refractivity contribution in [2.24, 2.45) is 0 Å². The van der Waals surface area contributed by atoms with E-state index in [0.717, 1.165) is 41.8 Å². The SMILES string of the molecule is Cc1ncc(CO)c(CN2CCC[C@@H]2c2nc3c(C)cccc3[nH]2)c1O.